The lowest BCUT2D eigenvalue weighted by Crippen LogP contribution is -2.40. The van der Waals surface area contributed by atoms with Gasteiger partial charge < -0.3 is 10.2 Å². The van der Waals surface area contributed by atoms with E-state index in [1.807, 2.05) is 6.92 Å². The van der Waals surface area contributed by atoms with E-state index in [9.17, 15) is 8.78 Å². The number of guanidine groups is 1. The molecule has 0 radical (unpaired) electrons. The monoisotopic (exact) mass is 437 g/mol. The number of aliphatic imine (C=N–C) groups is 1. The van der Waals surface area contributed by atoms with Crippen molar-refractivity contribution < 1.29 is 8.78 Å². The maximum atomic E-state index is 13.6. The Bertz CT molecular complexity index is 526. The van der Waals surface area contributed by atoms with Gasteiger partial charge in [0.05, 0.1) is 0 Å². The zero-order valence-electron chi connectivity index (χ0n) is 14.0. The molecule has 1 heterocycles. The molecular formula is C17H26F2IN3. The second-order valence-corrected chi connectivity index (χ2v) is 6.52. The van der Waals surface area contributed by atoms with Crippen LogP contribution in [-0.4, -0.2) is 37.0 Å². The summed E-state index contributed by atoms with van der Waals surface area (Å²) in [6, 6.07) is 3.96. The van der Waals surface area contributed by atoms with Crippen molar-refractivity contribution in [2.24, 2.45) is 10.4 Å². The van der Waals surface area contributed by atoms with Gasteiger partial charge in [-0.1, -0.05) is 19.9 Å². The fourth-order valence-corrected chi connectivity index (χ4v) is 2.76. The molecule has 2 rings (SSSR count). The van der Waals surface area contributed by atoms with E-state index in [1.54, 1.807) is 0 Å². The molecule has 1 N–H and O–H groups in total. The molecule has 1 aromatic carbocycles. The van der Waals surface area contributed by atoms with Crippen LogP contribution in [0.4, 0.5) is 8.78 Å². The molecule has 0 aliphatic carbocycles. The van der Waals surface area contributed by atoms with Crippen LogP contribution in [-0.2, 0) is 6.42 Å². The minimum absolute atomic E-state index is 0. The zero-order valence-corrected chi connectivity index (χ0v) is 16.4. The van der Waals surface area contributed by atoms with Gasteiger partial charge in [0, 0.05) is 31.7 Å². The first-order chi connectivity index (χ1) is 10.4. The Morgan fingerprint density at radius 1 is 1.30 bits per heavy atom. The maximum Gasteiger partial charge on any atom is 0.193 e. The van der Waals surface area contributed by atoms with Crippen LogP contribution in [0.15, 0.2) is 23.2 Å². The third kappa shape index (κ3) is 5.58. The summed E-state index contributed by atoms with van der Waals surface area (Å²) in [5.41, 5.74) is 0.400. The molecule has 3 nitrogen and oxygen atoms in total. The van der Waals surface area contributed by atoms with Crippen molar-refractivity contribution in [3.05, 3.63) is 35.4 Å². The predicted octanol–water partition coefficient (Wildman–Crippen LogP) is 3.82. The molecule has 0 atom stereocenters. The normalized spacial score (nSPS) is 17.1. The van der Waals surface area contributed by atoms with Crippen molar-refractivity contribution in [3.63, 3.8) is 0 Å². The number of rotatable bonds is 4. The molecule has 1 fully saturated rings. The van der Waals surface area contributed by atoms with Crippen molar-refractivity contribution in [1.29, 1.82) is 0 Å². The largest absolute Gasteiger partial charge is 0.357 e. The Hall–Kier alpha value is -0.920. The van der Waals surface area contributed by atoms with Crippen LogP contribution in [0.5, 0.6) is 0 Å². The van der Waals surface area contributed by atoms with Gasteiger partial charge in [0.1, 0.15) is 11.6 Å². The highest BCUT2D eigenvalue weighted by Crippen LogP contribution is 2.28. The van der Waals surface area contributed by atoms with E-state index in [0.29, 0.717) is 6.54 Å². The van der Waals surface area contributed by atoms with Gasteiger partial charge in [-0.2, -0.15) is 0 Å². The maximum absolute atomic E-state index is 13.6. The molecule has 0 saturated carbocycles. The molecule has 1 aliphatic heterocycles. The van der Waals surface area contributed by atoms with Crippen LogP contribution in [0.2, 0.25) is 0 Å². The van der Waals surface area contributed by atoms with Crippen molar-refractivity contribution in [2.75, 3.05) is 26.2 Å². The standard InChI is InChI=1S/C17H25F2N3.HI/c1-4-20-16(22-11-9-17(2,3)12-22)21-10-8-13-14(18)6-5-7-15(13)19;/h5-7H,4,8-12H2,1-3H3,(H,20,21);1H. The van der Waals surface area contributed by atoms with E-state index in [1.165, 1.54) is 18.2 Å². The van der Waals surface area contributed by atoms with Crippen molar-refractivity contribution >= 4 is 29.9 Å². The lowest BCUT2D eigenvalue weighted by molar-refractivity contribution is 0.370. The van der Waals surface area contributed by atoms with Gasteiger partial charge in [0.2, 0.25) is 0 Å². The summed E-state index contributed by atoms with van der Waals surface area (Å²) in [5, 5.41) is 3.27. The lowest BCUT2D eigenvalue weighted by atomic mass is 9.93. The van der Waals surface area contributed by atoms with E-state index in [4.69, 9.17) is 0 Å². The lowest BCUT2D eigenvalue weighted by Gasteiger charge is -2.23. The van der Waals surface area contributed by atoms with Crippen LogP contribution in [0.25, 0.3) is 0 Å². The Morgan fingerprint density at radius 3 is 2.48 bits per heavy atom. The fraction of sp³-hybridized carbons (Fsp3) is 0.588. The van der Waals surface area contributed by atoms with Crippen LogP contribution in [0.1, 0.15) is 32.8 Å². The Kier molecular flexibility index (Phi) is 7.70. The molecule has 1 aliphatic rings. The fourth-order valence-electron chi connectivity index (χ4n) is 2.76. The second kappa shape index (κ2) is 8.80. The zero-order chi connectivity index (χ0) is 16.2. The number of nitrogens with one attached hydrogen (secondary N) is 1. The van der Waals surface area contributed by atoms with Crippen molar-refractivity contribution in [1.82, 2.24) is 10.2 Å². The van der Waals surface area contributed by atoms with Gasteiger partial charge in [-0.25, -0.2) is 8.78 Å². The SMILES string of the molecule is CCNC(=NCCc1c(F)cccc1F)N1CCC(C)(C)C1.I. The topological polar surface area (TPSA) is 27.6 Å². The van der Waals surface area contributed by atoms with Crippen LogP contribution in [0.3, 0.4) is 0 Å². The molecular weight excluding hydrogens is 411 g/mol. The first-order valence-corrected chi connectivity index (χ1v) is 7.89. The molecule has 23 heavy (non-hydrogen) atoms. The van der Waals surface area contributed by atoms with Crippen LogP contribution >= 0.6 is 24.0 Å². The minimum Gasteiger partial charge on any atom is -0.357 e. The van der Waals surface area contributed by atoms with Crippen LogP contribution < -0.4 is 5.32 Å². The summed E-state index contributed by atoms with van der Waals surface area (Å²) < 4.78 is 27.2. The van der Waals surface area contributed by atoms with Crippen molar-refractivity contribution in [2.45, 2.75) is 33.6 Å². The van der Waals surface area contributed by atoms with Gasteiger partial charge in [0.15, 0.2) is 5.96 Å². The molecule has 6 heteroatoms. The molecule has 0 aromatic heterocycles. The van der Waals surface area contributed by atoms with Gasteiger partial charge in [-0.15, -0.1) is 24.0 Å². The summed E-state index contributed by atoms with van der Waals surface area (Å²) in [4.78, 5) is 6.76. The van der Waals surface area contributed by atoms with Crippen LogP contribution in [0, 0.1) is 17.0 Å². The molecule has 1 aromatic rings. The molecule has 0 amide bonds. The molecule has 130 valence electrons. The number of halogens is 3. The summed E-state index contributed by atoms with van der Waals surface area (Å²) in [7, 11) is 0. The smallest absolute Gasteiger partial charge is 0.193 e. The highest BCUT2D eigenvalue weighted by molar-refractivity contribution is 14.0. The van der Waals surface area contributed by atoms with E-state index in [0.717, 1.165) is 32.0 Å². The number of nitrogens with zero attached hydrogens (tertiary/aromatic N) is 2. The number of hydrogen-bond acceptors (Lipinski definition) is 1. The first kappa shape index (κ1) is 20.1. The molecule has 0 unspecified atom stereocenters. The minimum atomic E-state index is -0.498. The van der Waals surface area contributed by atoms with E-state index in [-0.39, 0.29) is 41.4 Å². The average molecular weight is 437 g/mol. The predicted molar refractivity (Wildman–Crippen MR) is 101 cm³/mol. The molecule has 0 spiro atoms. The summed E-state index contributed by atoms with van der Waals surface area (Å²) in [5.74, 6) is -0.158. The quantitative estimate of drug-likeness (QED) is 0.441. The summed E-state index contributed by atoms with van der Waals surface area (Å²) in [6.45, 7) is 9.57. The number of likely N-dealkylation sites (tertiary alicyclic amines) is 1. The van der Waals surface area contributed by atoms with E-state index < -0.39 is 11.6 Å². The number of benzene rings is 1. The Morgan fingerprint density at radius 2 is 1.96 bits per heavy atom. The molecule has 1 saturated heterocycles. The van der Waals surface area contributed by atoms with E-state index in [2.05, 4.69) is 29.1 Å². The number of hydrogen-bond donors (Lipinski definition) is 1. The Balaban J connectivity index is 0.00000264. The van der Waals surface area contributed by atoms with Gasteiger partial charge >= 0.3 is 0 Å². The highest BCUT2D eigenvalue weighted by Gasteiger charge is 2.30. The highest BCUT2D eigenvalue weighted by atomic mass is 127. The molecule has 0 bridgehead atoms. The van der Waals surface area contributed by atoms with Gasteiger partial charge in [-0.3, -0.25) is 4.99 Å². The van der Waals surface area contributed by atoms with Gasteiger partial charge in [0.25, 0.3) is 0 Å². The van der Waals surface area contributed by atoms with E-state index >= 15 is 0 Å². The third-order valence-electron chi connectivity index (χ3n) is 4.00. The second-order valence-electron chi connectivity index (χ2n) is 6.52. The average Bonchev–Trinajstić information content (AvgIpc) is 2.81. The Labute approximate surface area is 154 Å². The van der Waals surface area contributed by atoms with Gasteiger partial charge in [-0.05, 0) is 37.3 Å². The first-order valence-electron chi connectivity index (χ1n) is 7.89. The summed E-state index contributed by atoms with van der Waals surface area (Å²) in [6.07, 6.45) is 1.39. The van der Waals surface area contributed by atoms with Crippen molar-refractivity contribution in [3.8, 4) is 0 Å². The summed E-state index contributed by atoms with van der Waals surface area (Å²) >= 11 is 0. The third-order valence-corrected chi connectivity index (χ3v) is 4.00.